The summed E-state index contributed by atoms with van der Waals surface area (Å²) in [5, 5.41) is 37.3. The van der Waals surface area contributed by atoms with E-state index in [2.05, 4.69) is 22.4 Å². The van der Waals surface area contributed by atoms with E-state index in [1.165, 1.54) is 28.7 Å². The third-order valence-corrected chi connectivity index (χ3v) is 5.00. The van der Waals surface area contributed by atoms with Crippen molar-refractivity contribution in [2.75, 3.05) is 6.61 Å². The molecular weight excluding hydrogens is 338 g/mol. The van der Waals surface area contributed by atoms with Gasteiger partial charge in [0.15, 0.2) is 6.23 Å². The summed E-state index contributed by atoms with van der Waals surface area (Å²) in [4.78, 5) is 0. The number of aliphatic hydroxyl groups is 3. The van der Waals surface area contributed by atoms with Crippen molar-refractivity contribution >= 4 is 0 Å². The summed E-state index contributed by atoms with van der Waals surface area (Å²) < 4.78 is 12.5. The molecule has 2 aliphatic rings. The molecule has 26 heavy (non-hydrogen) atoms. The van der Waals surface area contributed by atoms with Gasteiger partial charge in [0.1, 0.15) is 36.4 Å². The van der Waals surface area contributed by atoms with Crippen LogP contribution in [-0.2, 0) is 24.2 Å². The van der Waals surface area contributed by atoms with Gasteiger partial charge >= 0.3 is 0 Å². The number of aryl methyl sites for hydroxylation is 2. The summed E-state index contributed by atoms with van der Waals surface area (Å²) in [6, 6.07) is 6.19. The molecule has 4 rings (SSSR count). The van der Waals surface area contributed by atoms with Crippen molar-refractivity contribution in [1.82, 2.24) is 15.0 Å². The Bertz CT molecular complexity index is 765. The van der Waals surface area contributed by atoms with Crippen molar-refractivity contribution < 1.29 is 24.8 Å². The molecule has 1 aromatic heterocycles. The summed E-state index contributed by atoms with van der Waals surface area (Å²) >= 11 is 0. The third-order valence-electron chi connectivity index (χ3n) is 5.00. The van der Waals surface area contributed by atoms with Crippen LogP contribution < -0.4 is 4.74 Å². The molecule has 8 nitrogen and oxygen atoms in total. The van der Waals surface area contributed by atoms with Gasteiger partial charge in [-0.05, 0) is 48.9 Å². The topological polar surface area (TPSA) is 110 Å². The number of ether oxygens (including phenoxy) is 2. The molecule has 0 saturated carbocycles. The molecule has 0 radical (unpaired) electrons. The van der Waals surface area contributed by atoms with E-state index in [9.17, 15) is 15.3 Å². The van der Waals surface area contributed by atoms with Crippen LogP contribution in [0.15, 0.2) is 24.4 Å². The highest BCUT2D eigenvalue weighted by Gasteiger charge is 2.39. The highest BCUT2D eigenvalue weighted by atomic mass is 16.5. The van der Waals surface area contributed by atoms with E-state index < -0.39 is 24.5 Å². The molecule has 1 aliphatic carbocycles. The Labute approximate surface area is 151 Å². The van der Waals surface area contributed by atoms with Gasteiger partial charge in [0, 0.05) is 0 Å². The molecule has 0 amide bonds. The van der Waals surface area contributed by atoms with E-state index in [0.717, 1.165) is 18.6 Å². The molecule has 1 fully saturated rings. The fourth-order valence-corrected chi connectivity index (χ4v) is 3.48. The number of nitrogens with zero attached hydrogens (tertiary/aromatic N) is 3. The molecule has 3 N–H and O–H groups in total. The zero-order valence-corrected chi connectivity index (χ0v) is 14.4. The average molecular weight is 361 g/mol. The van der Waals surface area contributed by atoms with E-state index in [1.54, 1.807) is 6.20 Å². The Morgan fingerprint density at radius 3 is 2.77 bits per heavy atom. The predicted molar refractivity (Wildman–Crippen MR) is 90.4 cm³/mol. The first-order valence-electron chi connectivity index (χ1n) is 8.93. The molecule has 1 saturated heterocycles. The molecular formula is C18H23N3O5. The molecule has 8 heteroatoms. The number of aromatic nitrogens is 3. The number of aliphatic hydroxyl groups excluding tert-OH is 3. The summed E-state index contributed by atoms with van der Waals surface area (Å²) in [6.45, 7) is 0.163. The maximum absolute atomic E-state index is 10.0. The number of fused-ring (bicyclic) bond motifs is 1. The van der Waals surface area contributed by atoms with E-state index in [-0.39, 0.29) is 13.2 Å². The maximum Gasteiger partial charge on any atom is 0.180 e. The minimum absolute atomic E-state index is 0.0797. The first-order chi connectivity index (χ1) is 12.6. The molecule has 1 aliphatic heterocycles. The van der Waals surface area contributed by atoms with Gasteiger partial charge in [-0.2, -0.15) is 0 Å². The van der Waals surface area contributed by atoms with Gasteiger partial charge in [0.25, 0.3) is 0 Å². The zero-order valence-electron chi connectivity index (χ0n) is 14.4. The van der Waals surface area contributed by atoms with Crippen molar-refractivity contribution in [3.63, 3.8) is 0 Å². The first kappa shape index (κ1) is 17.4. The maximum atomic E-state index is 10.0. The molecule has 1 aromatic carbocycles. The summed E-state index contributed by atoms with van der Waals surface area (Å²) in [5.41, 5.74) is 3.33. The lowest BCUT2D eigenvalue weighted by atomic mass is 9.92. The van der Waals surface area contributed by atoms with Crippen molar-refractivity contribution in [3.05, 3.63) is 41.2 Å². The number of rotatable bonds is 4. The second-order valence-electron chi connectivity index (χ2n) is 6.89. The van der Waals surface area contributed by atoms with Crippen LogP contribution in [0.5, 0.6) is 5.75 Å². The van der Waals surface area contributed by atoms with E-state index in [4.69, 9.17) is 9.47 Å². The van der Waals surface area contributed by atoms with Crippen molar-refractivity contribution in [1.29, 1.82) is 0 Å². The standard InChI is InChI=1S/C18H23N3O5/c22-15-10-26-18(17(24)16(15)23)21-8-13(19-20-21)9-25-14-6-5-11-3-1-2-4-12(11)7-14/h5-8,15-18,22-24H,1-4,9-10H2/t15-,16+,17-,18-/m1/s1. The summed E-state index contributed by atoms with van der Waals surface area (Å²) in [6.07, 6.45) is 1.73. The minimum atomic E-state index is -1.28. The molecule has 4 atom stereocenters. The number of hydrogen-bond acceptors (Lipinski definition) is 7. The zero-order chi connectivity index (χ0) is 18.1. The Kier molecular flexibility index (Phi) is 4.90. The fourth-order valence-electron chi connectivity index (χ4n) is 3.48. The monoisotopic (exact) mass is 361 g/mol. The smallest absolute Gasteiger partial charge is 0.180 e. The van der Waals surface area contributed by atoms with Gasteiger partial charge < -0.3 is 24.8 Å². The van der Waals surface area contributed by atoms with Crippen LogP contribution in [0.4, 0.5) is 0 Å². The van der Waals surface area contributed by atoms with Crippen LogP contribution in [0.2, 0.25) is 0 Å². The minimum Gasteiger partial charge on any atom is -0.487 e. The quantitative estimate of drug-likeness (QED) is 0.721. The Hall–Kier alpha value is -2.00. The first-order valence-corrected chi connectivity index (χ1v) is 8.93. The van der Waals surface area contributed by atoms with Gasteiger partial charge in [0.2, 0.25) is 0 Å². The van der Waals surface area contributed by atoms with E-state index in [1.807, 2.05) is 6.07 Å². The van der Waals surface area contributed by atoms with Crippen molar-refractivity contribution in [3.8, 4) is 5.75 Å². The highest BCUT2D eigenvalue weighted by Crippen LogP contribution is 2.26. The summed E-state index contributed by atoms with van der Waals surface area (Å²) in [7, 11) is 0. The molecule has 0 bridgehead atoms. The number of hydrogen-bond donors (Lipinski definition) is 3. The van der Waals surface area contributed by atoms with Crippen LogP contribution in [0, 0.1) is 0 Å². The van der Waals surface area contributed by atoms with Crippen molar-refractivity contribution in [2.24, 2.45) is 0 Å². The van der Waals surface area contributed by atoms with Crippen LogP contribution in [-0.4, -0.2) is 55.2 Å². The number of benzene rings is 1. The average Bonchev–Trinajstić information content (AvgIpc) is 3.13. The molecule has 2 aromatic rings. The van der Waals surface area contributed by atoms with E-state index >= 15 is 0 Å². The van der Waals surface area contributed by atoms with Gasteiger partial charge in [-0.3, -0.25) is 0 Å². The Balaban J connectivity index is 1.39. The lowest BCUT2D eigenvalue weighted by Gasteiger charge is -2.34. The Morgan fingerprint density at radius 2 is 1.92 bits per heavy atom. The molecule has 2 heterocycles. The predicted octanol–water partition coefficient (Wildman–Crippen LogP) is 0.347. The summed E-state index contributed by atoms with van der Waals surface area (Å²) in [5.74, 6) is 0.799. The highest BCUT2D eigenvalue weighted by molar-refractivity contribution is 5.37. The second kappa shape index (κ2) is 7.32. The lowest BCUT2D eigenvalue weighted by Crippen LogP contribution is -2.50. The fraction of sp³-hybridized carbons (Fsp3) is 0.556. The third kappa shape index (κ3) is 3.45. The van der Waals surface area contributed by atoms with Crippen LogP contribution >= 0.6 is 0 Å². The van der Waals surface area contributed by atoms with Gasteiger partial charge in [-0.15, -0.1) is 5.10 Å². The Morgan fingerprint density at radius 1 is 1.12 bits per heavy atom. The van der Waals surface area contributed by atoms with Crippen LogP contribution in [0.1, 0.15) is 35.9 Å². The van der Waals surface area contributed by atoms with Gasteiger partial charge in [-0.1, -0.05) is 11.3 Å². The molecule has 0 unspecified atom stereocenters. The van der Waals surface area contributed by atoms with Gasteiger partial charge in [0.05, 0.1) is 12.8 Å². The van der Waals surface area contributed by atoms with Crippen LogP contribution in [0.3, 0.4) is 0 Å². The lowest BCUT2D eigenvalue weighted by molar-refractivity contribution is -0.214. The SMILES string of the molecule is O[C@@H]1[C@@H](O)[C@H](n2cc(COc3ccc4c(c3)CCCC4)nn2)OC[C@H]1O. The normalized spacial score (nSPS) is 28.6. The molecule has 140 valence electrons. The molecule has 0 spiro atoms. The van der Waals surface area contributed by atoms with Crippen molar-refractivity contribution in [2.45, 2.75) is 56.8 Å². The van der Waals surface area contributed by atoms with Crippen LogP contribution in [0.25, 0.3) is 0 Å². The largest absolute Gasteiger partial charge is 0.487 e. The second-order valence-corrected chi connectivity index (χ2v) is 6.89. The van der Waals surface area contributed by atoms with E-state index in [0.29, 0.717) is 5.69 Å². The van der Waals surface area contributed by atoms with Gasteiger partial charge in [-0.25, -0.2) is 4.68 Å².